The topological polar surface area (TPSA) is 37.4 Å². The van der Waals surface area contributed by atoms with Crippen molar-refractivity contribution in [1.29, 1.82) is 0 Å². The predicted molar refractivity (Wildman–Crippen MR) is 92.4 cm³/mol. The predicted octanol–water partition coefficient (Wildman–Crippen LogP) is 4.09. The van der Waals surface area contributed by atoms with Gasteiger partial charge in [-0.05, 0) is 46.4 Å². The zero-order valence-electron chi connectivity index (χ0n) is 13.7. The Morgan fingerprint density at radius 1 is 1.17 bits per heavy atom. The number of carbonyl (C=O) groups is 2. The van der Waals surface area contributed by atoms with E-state index in [9.17, 15) is 9.59 Å². The summed E-state index contributed by atoms with van der Waals surface area (Å²) in [6.07, 6.45) is 0.257. The summed E-state index contributed by atoms with van der Waals surface area (Å²) in [7, 11) is 0. The van der Waals surface area contributed by atoms with Gasteiger partial charge in [-0.25, -0.2) is 0 Å². The highest BCUT2D eigenvalue weighted by atomic mass is 32.1. The highest BCUT2D eigenvalue weighted by Crippen LogP contribution is 2.37. The van der Waals surface area contributed by atoms with E-state index in [1.165, 1.54) is 10.5 Å². The Bertz CT molecular complexity index is 718. The minimum Gasteiger partial charge on any atom is -0.277 e. The lowest BCUT2D eigenvalue weighted by Gasteiger charge is -2.21. The third-order valence-corrected chi connectivity index (χ3v) is 5.35. The molecular formula is C19H21NO2S. The molecule has 1 atom stereocenters. The van der Waals surface area contributed by atoms with Crippen molar-refractivity contribution in [2.45, 2.75) is 45.1 Å². The van der Waals surface area contributed by atoms with E-state index in [4.69, 9.17) is 0 Å². The first-order valence-electron chi connectivity index (χ1n) is 7.88. The molecule has 4 heteroatoms. The van der Waals surface area contributed by atoms with Gasteiger partial charge in [0.05, 0.1) is 12.0 Å². The Balaban J connectivity index is 1.81. The quantitative estimate of drug-likeness (QED) is 0.793. The number of amides is 2. The van der Waals surface area contributed by atoms with E-state index in [1.807, 2.05) is 35.9 Å². The first-order chi connectivity index (χ1) is 10.9. The first kappa shape index (κ1) is 15.9. The van der Waals surface area contributed by atoms with Crippen LogP contribution < -0.4 is 0 Å². The molecular weight excluding hydrogens is 306 g/mol. The van der Waals surface area contributed by atoms with Crippen molar-refractivity contribution in [3.05, 3.63) is 57.8 Å². The maximum atomic E-state index is 12.8. The lowest BCUT2D eigenvalue weighted by atomic mass is 9.83. The zero-order chi connectivity index (χ0) is 16.6. The van der Waals surface area contributed by atoms with E-state index >= 15 is 0 Å². The van der Waals surface area contributed by atoms with Crippen molar-refractivity contribution < 1.29 is 9.59 Å². The van der Waals surface area contributed by atoms with Crippen LogP contribution in [0, 0.1) is 0 Å². The number of hydrogen-bond donors (Lipinski definition) is 0. The lowest BCUT2D eigenvalue weighted by molar-refractivity contribution is -0.140. The van der Waals surface area contributed by atoms with Crippen molar-refractivity contribution in [2.75, 3.05) is 0 Å². The van der Waals surface area contributed by atoms with Crippen LogP contribution in [0.3, 0.4) is 0 Å². The van der Waals surface area contributed by atoms with E-state index < -0.39 is 5.41 Å². The summed E-state index contributed by atoms with van der Waals surface area (Å²) in [6, 6.07) is 10.1. The van der Waals surface area contributed by atoms with Gasteiger partial charge >= 0.3 is 0 Å². The number of likely N-dealkylation sites (tertiary alicyclic amines) is 1. The van der Waals surface area contributed by atoms with Gasteiger partial charge in [0.2, 0.25) is 11.8 Å². The minimum absolute atomic E-state index is 0.0864. The average molecular weight is 327 g/mol. The molecule has 2 aromatic rings. The third kappa shape index (κ3) is 2.83. The fourth-order valence-electron chi connectivity index (χ4n) is 3.04. The molecule has 0 spiro atoms. The van der Waals surface area contributed by atoms with Crippen LogP contribution in [-0.4, -0.2) is 16.7 Å². The molecule has 2 amide bonds. The molecule has 0 aliphatic carbocycles. The molecule has 3 nitrogen and oxygen atoms in total. The highest BCUT2D eigenvalue weighted by molar-refractivity contribution is 7.08. The number of carbonyl (C=O) groups excluding carboxylic acids is 2. The number of rotatable bonds is 4. The molecule has 1 fully saturated rings. The molecule has 1 aromatic heterocycles. The summed E-state index contributed by atoms with van der Waals surface area (Å²) in [5.41, 5.74) is 2.48. The van der Waals surface area contributed by atoms with Gasteiger partial charge in [-0.15, -0.1) is 0 Å². The molecule has 120 valence electrons. The van der Waals surface area contributed by atoms with Crippen molar-refractivity contribution in [1.82, 2.24) is 4.90 Å². The maximum absolute atomic E-state index is 12.8. The van der Waals surface area contributed by atoms with Crippen LogP contribution in [0.4, 0.5) is 0 Å². The zero-order valence-corrected chi connectivity index (χ0v) is 14.5. The summed E-state index contributed by atoms with van der Waals surface area (Å²) in [5.74, 6) is 0.298. The molecule has 1 aliphatic rings. The second-order valence-corrected chi connectivity index (χ2v) is 7.48. The smallest absolute Gasteiger partial charge is 0.240 e. The van der Waals surface area contributed by atoms with Gasteiger partial charge in [0.25, 0.3) is 0 Å². The Hall–Kier alpha value is -1.94. The van der Waals surface area contributed by atoms with Crippen LogP contribution in [0.15, 0.2) is 41.1 Å². The van der Waals surface area contributed by atoms with Gasteiger partial charge in [-0.1, -0.05) is 38.1 Å². The minimum atomic E-state index is -0.713. The van der Waals surface area contributed by atoms with Crippen LogP contribution in [0.5, 0.6) is 0 Å². The largest absolute Gasteiger partial charge is 0.277 e. The van der Waals surface area contributed by atoms with E-state index in [0.717, 1.165) is 11.1 Å². The van der Waals surface area contributed by atoms with Crippen LogP contribution in [0.25, 0.3) is 0 Å². The molecule has 1 aromatic carbocycles. The van der Waals surface area contributed by atoms with E-state index in [1.54, 1.807) is 11.3 Å². The maximum Gasteiger partial charge on any atom is 0.240 e. The molecule has 2 heterocycles. The Kier molecular flexibility index (Phi) is 4.11. The Morgan fingerprint density at radius 2 is 1.87 bits per heavy atom. The SMILES string of the molecule is CC(C)c1ccc(CN2C(=O)C[C@@](C)(c3ccsc3)C2=O)cc1. The van der Waals surface area contributed by atoms with Gasteiger partial charge in [0.15, 0.2) is 0 Å². The van der Waals surface area contributed by atoms with Gasteiger partial charge in [-0.2, -0.15) is 11.3 Å². The number of nitrogens with zero attached hydrogens (tertiary/aromatic N) is 1. The monoisotopic (exact) mass is 327 g/mol. The Morgan fingerprint density at radius 3 is 2.43 bits per heavy atom. The number of thiophene rings is 1. The molecule has 0 saturated carbocycles. The van der Waals surface area contributed by atoms with Crippen molar-refractivity contribution in [2.24, 2.45) is 0 Å². The standard InChI is InChI=1S/C19H21NO2S/c1-13(2)15-6-4-14(5-7-15)11-20-17(21)10-19(3,18(20)22)16-8-9-23-12-16/h4-9,12-13H,10-11H2,1-3H3/t19-/m0/s1. The normalized spacial score (nSPS) is 21.5. The molecule has 1 saturated heterocycles. The molecule has 23 heavy (non-hydrogen) atoms. The molecule has 0 unspecified atom stereocenters. The molecule has 3 rings (SSSR count). The Labute approximate surface area is 140 Å². The van der Waals surface area contributed by atoms with Crippen LogP contribution in [-0.2, 0) is 21.5 Å². The third-order valence-electron chi connectivity index (χ3n) is 4.67. The fraction of sp³-hybridized carbons (Fsp3) is 0.368. The van der Waals surface area contributed by atoms with Gasteiger partial charge in [0, 0.05) is 6.42 Å². The highest BCUT2D eigenvalue weighted by Gasteiger charge is 2.49. The second kappa shape index (κ2) is 5.93. The summed E-state index contributed by atoms with van der Waals surface area (Å²) >= 11 is 1.56. The molecule has 0 N–H and O–H groups in total. The van der Waals surface area contributed by atoms with Crippen molar-refractivity contribution in [3.63, 3.8) is 0 Å². The number of hydrogen-bond acceptors (Lipinski definition) is 3. The van der Waals surface area contributed by atoms with Crippen molar-refractivity contribution >= 4 is 23.2 Å². The fourth-order valence-corrected chi connectivity index (χ4v) is 3.83. The van der Waals surface area contributed by atoms with Gasteiger partial charge in [0.1, 0.15) is 0 Å². The summed E-state index contributed by atoms with van der Waals surface area (Å²) in [4.78, 5) is 26.6. The summed E-state index contributed by atoms with van der Waals surface area (Å²) in [5, 5.41) is 3.91. The average Bonchev–Trinajstić information content (AvgIpc) is 3.12. The van der Waals surface area contributed by atoms with E-state index in [-0.39, 0.29) is 18.2 Å². The lowest BCUT2D eigenvalue weighted by Crippen LogP contribution is -2.35. The second-order valence-electron chi connectivity index (χ2n) is 6.70. The van der Waals surface area contributed by atoms with Crippen LogP contribution in [0.2, 0.25) is 0 Å². The van der Waals surface area contributed by atoms with Gasteiger partial charge in [-0.3, -0.25) is 14.5 Å². The van der Waals surface area contributed by atoms with E-state index in [2.05, 4.69) is 26.0 Å². The van der Waals surface area contributed by atoms with Crippen LogP contribution in [0.1, 0.15) is 49.8 Å². The van der Waals surface area contributed by atoms with Crippen LogP contribution >= 0.6 is 11.3 Å². The molecule has 0 radical (unpaired) electrons. The molecule has 0 bridgehead atoms. The first-order valence-corrected chi connectivity index (χ1v) is 8.82. The van der Waals surface area contributed by atoms with Gasteiger partial charge < -0.3 is 0 Å². The number of imide groups is 1. The van der Waals surface area contributed by atoms with Crippen molar-refractivity contribution in [3.8, 4) is 0 Å². The summed E-state index contributed by atoms with van der Waals surface area (Å²) < 4.78 is 0. The number of benzene rings is 1. The summed E-state index contributed by atoms with van der Waals surface area (Å²) in [6.45, 7) is 6.52. The van der Waals surface area contributed by atoms with E-state index in [0.29, 0.717) is 12.5 Å². The molecule has 1 aliphatic heterocycles.